The lowest BCUT2D eigenvalue weighted by Gasteiger charge is -2.23. The minimum atomic E-state index is -3.55. The minimum Gasteiger partial charge on any atom is -0.294 e. The van der Waals surface area contributed by atoms with E-state index in [9.17, 15) is 13.2 Å². The summed E-state index contributed by atoms with van der Waals surface area (Å²) in [6, 6.07) is 19.1. The Morgan fingerprint density at radius 3 is 2.28 bits per heavy atom. The Morgan fingerprint density at radius 1 is 0.938 bits per heavy atom. The quantitative estimate of drug-likeness (QED) is 0.419. The molecule has 0 heterocycles. The van der Waals surface area contributed by atoms with Gasteiger partial charge in [-0.05, 0) is 49.1 Å². The summed E-state index contributed by atoms with van der Waals surface area (Å²) in [5.74, 6) is -0.00866. The van der Waals surface area contributed by atoms with Gasteiger partial charge in [-0.25, -0.2) is 8.42 Å². The third kappa shape index (κ3) is 5.43. The van der Waals surface area contributed by atoms with E-state index in [1.54, 1.807) is 36.0 Å². The Labute approximate surface area is 195 Å². The molecular formula is C26H25BO3S2. The lowest BCUT2D eigenvalue weighted by molar-refractivity contribution is 0.0993. The van der Waals surface area contributed by atoms with Crippen LogP contribution >= 0.6 is 11.8 Å². The van der Waals surface area contributed by atoms with Crippen LogP contribution in [0.15, 0.2) is 111 Å². The maximum atomic E-state index is 13.5. The molecule has 32 heavy (non-hydrogen) atoms. The molecule has 0 radical (unpaired) electrons. The molecule has 0 fully saturated rings. The van der Waals surface area contributed by atoms with E-state index in [2.05, 4.69) is 6.08 Å². The standard InChI is InChI=1S/C26H25BO3S2/c27-21-11-13-24(14-12-21)32(29,30)25-16-19(17-26(28)20-7-3-1-4-8-20)15-23(18-25)31-22-9-5-2-6-10-22/h1-11,13,15-16,23H,12,14,17-18,27H2. The molecule has 0 aliphatic heterocycles. The first-order valence-corrected chi connectivity index (χ1v) is 13.1. The van der Waals surface area contributed by atoms with Crippen LogP contribution in [-0.2, 0) is 9.84 Å². The van der Waals surface area contributed by atoms with Gasteiger partial charge in [0, 0.05) is 27.0 Å². The number of hydrogen-bond donors (Lipinski definition) is 0. The Hall–Kier alpha value is -2.57. The Balaban J connectivity index is 1.64. The molecule has 1 unspecified atom stereocenters. The summed E-state index contributed by atoms with van der Waals surface area (Å²) in [7, 11) is -1.54. The maximum Gasteiger partial charge on any atom is 0.199 e. The molecule has 0 amide bonds. The number of thioether (sulfide) groups is 1. The summed E-state index contributed by atoms with van der Waals surface area (Å²) >= 11 is 1.63. The number of benzene rings is 2. The largest absolute Gasteiger partial charge is 0.294 e. The zero-order valence-corrected chi connectivity index (χ0v) is 19.7. The second-order valence-electron chi connectivity index (χ2n) is 8.14. The summed E-state index contributed by atoms with van der Waals surface area (Å²) in [6.07, 6.45) is 9.31. The van der Waals surface area contributed by atoms with Gasteiger partial charge >= 0.3 is 0 Å². The van der Waals surface area contributed by atoms with Crippen molar-refractivity contribution in [3.8, 4) is 0 Å². The highest BCUT2D eigenvalue weighted by atomic mass is 32.2. The van der Waals surface area contributed by atoms with Crippen LogP contribution in [0.3, 0.4) is 0 Å². The maximum absolute atomic E-state index is 13.5. The lowest BCUT2D eigenvalue weighted by atomic mass is 9.88. The van der Waals surface area contributed by atoms with E-state index in [4.69, 9.17) is 0 Å². The monoisotopic (exact) mass is 460 g/mol. The molecule has 2 aliphatic rings. The van der Waals surface area contributed by atoms with Gasteiger partial charge in [-0.15, -0.1) is 17.2 Å². The van der Waals surface area contributed by atoms with Crippen LogP contribution in [0, 0.1) is 0 Å². The highest BCUT2D eigenvalue weighted by Gasteiger charge is 2.29. The first-order chi connectivity index (χ1) is 15.4. The number of rotatable bonds is 7. The van der Waals surface area contributed by atoms with Crippen molar-refractivity contribution in [1.29, 1.82) is 0 Å². The molecule has 2 aromatic rings. The zero-order chi connectivity index (χ0) is 22.6. The Kier molecular flexibility index (Phi) is 7.02. The van der Waals surface area contributed by atoms with E-state index in [0.717, 1.165) is 16.9 Å². The first-order valence-electron chi connectivity index (χ1n) is 10.7. The van der Waals surface area contributed by atoms with Gasteiger partial charge < -0.3 is 0 Å². The van der Waals surface area contributed by atoms with Gasteiger partial charge in [0.15, 0.2) is 15.6 Å². The number of hydrogen-bond acceptors (Lipinski definition) is 4. The lowest BCUT2D eigenvalue weighted by Crippen LogP contribution is -2.17. The SMILES string of the molecule is BC1=CC=C(S(=O)(=O)C2=CC(CC(=O)c3ccccc3)=CC(Sc3ccccc3)C2)CC1. The van der Waals surface area contributed by atoms with Gasteiger partial charge in [0.05, 0.1) is 4.91 Å². The highest BCUT2D eigenvalue weighted by molar-refractivity contribution is 8.00. The summed E-state index contributed by atoms with van der Waals surface area (Å²) in [5, 5.41) is -0.0489. The van der Waals surface area contributed by atoms with E-state index in [-0.39, 0.29) is 17.5 Å². The van der Waals surface area contributed by atoms with Crippen molar-refractivity contribution in [3.05, 3.63) is 111 Å². The molecule has 0 spiro atoms. The van der Waals surface area contributed by atoms with Crippen LogP contribution in [0.1, 0.15) is 36.0 Å². The van der Waals surface area contributed by atoms with Crippen LogP contribution in [0.5, 0.6) is 0 Å². The fourth-order valence-electron chi connectivity index (χ4n) is 3.88. The van der Waals surface area contributed by atoms with Crippen molar-refractivity contribution < 1.29 is 13.2 Å². The molecule has 2 aromatic carbocycles. The zero-order valence-electron chi connectivity index (χ0n) is 18.0. The van der Waals surface area contributed by atoms with E-state index in [0.29, 0.717) is 28.2 Å². The van der Waals surface area contributed by atoms with Gasteiger partial charge in [-0.3, -0.25) is 4.79 Å². The summed E-state index contributed by atoms with van der Waals surface area (Å²) in [4.78, 5) is 14.8. The van der Waals surface area contributed by atoms with E-state index < -0.39 is 9.84 Å². The van der Waals surface area contributed by atoms with Crippen LogP contribution < -0.4 is 0 Å². The Morgan fingerprint density at radius 2 is 1.62 bits per heavy atom. The molecule has 6 heteroatoms. The van der Waals surface area contributed by atoms with Gasteiger partial charge in [-0.1, -0.05) is 60.7 Å². The van der Waals surface area contributed by atoms with Crippen molar-refractivity contribution >= 4 is 35.2 Å². The molecular weight excluding hydrogens is 435 g/mol. The van der Waals surface area contributed by atoms with Gasteiger partial charge in [0.25, 0.3) is 0 Å². The number of carbonyl (C=O) groups excluding carboxylic acids is 1. The first kappa shape index (κ1) is 22.6. The third-order valence-electron chi connectivity index (χ3n) is 5.65. The highest BCUT2D eigenvalue weighted by Crippen LogP contribution is 2.38. The summed E-state index contributed by atoms with van der Waals surface area (Å²) in [6.45, 7) is 0. The molecule has 2 aliphatic carbocycles. The molecule has 0 N–H and O–H groups in total. The average Bonchev–Trinajstić information content (AvgIpc) is 2.80. The fourth-order valence-corrected chi connectivity index (χ4v) is 6.82. The van der Waals surface area contributed by atoms with Crippen LogP contribution in [0.25, 0.3) is 0 Å². The summed E-state index contributed by atoms with van der Waals surface area (Å²) < 4.78 is 26.9. The topological polar surface area (TPSA) is 51.2 Å². The van der Waals surface area contributed by atoms with Crippen LogP contribution in [0.2, 0.25) is 0 Å². The van der Waals surface area contributed by atoms with Crippen molar-refractivity contribution in [2.24, 2.45) is 0 Å². The average molecular weight is 460 g/mol. The number of carbonyl (C=O) groups is 1. The second kappa shape index (κ2) is 9.93. The van der Waals surface area contributed by atoms with E-state index >= 15 is 0 Å². The molecule has 0 aromatic heterocycles. The van der Waals surface area contributed by atoms with E-state index in [1.807, 2.05) is 62.5 Å². The Bertz CT molecular complexity index is 1220. The van der Waals surface area contributed by atoms with E-state index in [1.165, 1.54) is 5.47 Å². The normalized spacial score (nSPS) is 18.8. The fraction of sp³-hybridized carbons (Fsp3) is 0.192. The molecule has 1 atom stereocenters. The molecule has 4 rings (SSSR count). The smallest absolute Gasteiger partial charge is 0.199 e. The van der Waals surface area contributed by atoms with Crippen molar-refractivity contribution in [3.63, 3.8) is 0 Å². The molecule has 0 saturated carbocycles. The van der Waals surface area contributed by atoms with Crippen LogP contribution in [0.4, 0.5) is 0 Å². The minimum absolute atomic E-state index is 0.00866. The molecule has 3 nitrogen and oxygen atoms in total. The summed E-state index contributed by atoms with van der Waals surface area (Å²) in [5.41, 5.74) is 2.59. The number of sulfone groups is 1. The van der Waals surface area contributed by atoms with Crippen molar-refractivity contribution in [1.82, 2.24) is 0 Å². The number of allylic oxidation sites excluding steroid dienone is 7. The molecule has 162 valence electrons. The number of ketones is 1. The van der Waals surface area contributed by atoms with Crippen molar-refractivity contribution in [2.45, 2.75) is 35.8 Å². The second-order valence-corrected chi connectivity index (χ2v) is 11.5. The third-order valence-corrected chi connectivity index (χ3v) is 8.80. The number of Topliss-reactive ketones (excluding diaryl/α,β-unsaturated/α-hetero) is 1. The van der Waals surface area contributed by atoms with Gasteiger partial charge in [0.2, 0.25) is 0 Å². The van der Waals surface area contributed by atoms with Crippen molar-refractivity contribution in [2.75, 3.05) is 0 Å². The molecule has 0 saturated heterocycles. The predicted octanol–water partition coefficient (Wildman–Crippen LogP) is 5.24. The van der Waals surface area contributed by atoms with Crippen LogP contribution in [-0.4, -0.2) is 27.3 Å². The van der Waals surface area contributed by atoms with Gasteiger partial charge in [0.1, 0.15) is 7.85 Å². The molecule has 0 bridgehead atoms. The van der Waals surface area contributed by atoms with Gasteiger partial charge in [-0.2, -0.15) is 0 Å². The predicted molar refractivity (Wildman–Crippen MR) is 135 cm³/mol.